The minimum atomic E-state index is -5.12. The van der Waals surface area contributed by atoms with E-state index in [1.807, 2.05) is 5.32 Å². The van der Waals surface area contributed by atoms with Crippen LogP contribution in [0.15, 0.2) is 72.9 Å². The van der Waals surface area contributed by atoms with Gasteiger partial charge in [0.1, 0.15) is 5.65 Å². The summed E-state index contributed by atoms with van der Waals surface area (Å²) in [6.45, 7) is 0.00217. The summed E-state index contributed by atoms with van der Waals surface area (Å²) in [5, 5.41) is 1.83. The predicted octanol–water partition coefficient (Wildman–Crippen LogP) is 5.36. The Bertz CT molecular complexity index is 1430. The molecule has 36 heavy (non-hydrogen) atoms. The number of nitrogens with one attached hydrogen (secondary N) is 2. The van der Waals surface area contributed by atoms with E-state index in [0.29, 0.717) is 11.1 Å². The summed E-state index contributed by atoms with van der Waals surface area (Å²) >= 11 is 0. The van der Waals surface area contributed by atoms with Gasteiger partial charge in [-0.15, -0.1) is 0 Å². The Morgan fingerprint density at radius 3 is 2.50 bits per heavy atom. The van der Waals surface area contributed by atoms with Gasteiger partial charge in [0.05, 0.1) is 12.3 Å². The number of alkyl halides is 3. The van der Waals surface area contributed by atoms with E-state index >= 15 is 0 Å². The largest absolute Gasteiger partial charge is 0.471 e. The number of hydrogen-bond acceptors (Lipinski definition) is 4. The summed E-state index contributed by atoms with van der Waals surface area (Å²) in [7, 11) is 1.54. The molecule has 0 saturated heterocycles. The van der Waals surface area contributed by atoms with E-state index in [9.17, 15) is 26.7 Å². The second kappa shape index (κ2) is 10.3. The number of carbonyl (C=O) groups is 1. The molecule has 0 spiro atoms. The zero-order valence-corrected chi connectivity index (χ0v) is 18.7. The van der Waals surface area contributed by atoms with Crippen molar-refractivity contribution >= 4 is 22.9 Å². The average Bonchev–Trinajstić information content (AvgIpc) is 3.21. The molecule has 6 nitrogen and oxygen atoms in total. The second-order valence-electron chi connectivity index (χ2n) is 7.51. The monoisotopic (exact) mass is 502 g/mol. The van der Waals surface area contributed by atoms with Crippen molar-refractivity contribution in [1.29, 1.82) is 0 Å². The minimum absolute atomic E-state index is 0.00217. The number of fused-ring (bicyclic) bond motifs is 1. The summed E-state index contributed by atoms with van der Waals surface area (Å²) in [4.78, 5) is 21.0. The first-order valence-corrected chi connectivity index (χ1v) is 10.6. The van der Waals surface area contributed by atoms with Crippen molar-refractivity contribution in [2.24, 2.45) is 0 Å². The smallest absolute Gasteiger partial charge is 0.301 e. The molecule has 11 heteroatoms. The number of imidazole rings is 1. The number of aromatic nitrogens is 2. The molecular weight excluding hydrogens is 483 g/mol. The van der Waals surface area contributed by atoms with Crippen molar-refractivity contribution in [3.63, 3.8) is 0 Å². The normalized spacial score (nSPS) is 12.2. The molecule has 1 amide bonds. The van der Waals surface area contributed by atoms with Crippen LogP contribution < -0.4 is 10.8 Å². The van der Waals surface area contributed by atoms with Crippen LogP contribution in [0.25, 0.3) is 22.5 Å². The van der Waals surface area contributed by atoms with Crippen molar-refractivity contribution < 1.29 is 31.6 Å². The fourth-order valence-electron chi connectivity index (χ4n) is 3.64. The lowest BCUT2D eigenvalue weighted by Gasteiger charge is -2.12. The van der Waals surface area contributed by atoms with Gasteiger partial charge in [0, 0.05) is 24.4 Å². The third kappa shape index (κ3) is 5.11. The van der Waals surface area contributed by atoms with Gasteiger partial charge >= 0.3 is 12.1 Å². The van der Waals surface area contributed by atoms with Gasteiger partial charge in [-0.05, 0) is 35.4 Å². The molecule has 2 N–H and O–H groups in total. The lowest BCUT2D eigenvalue weighted by Crippen LogP contribution is -2.30. The fraction of sp³-hybridized carbons (Fsp3) is 0.120. The number of halogens is 5. The number of carbonyl (C=O) groups excluding carboxylic acids is 1. The summed E-state index contributed by atoms with van der Waals surface area (Å²) in [6, 6.07) is 15.2. The molecule has 2 aromatic carbocycles. The summed E-state index contributed by atoms with van der Waals surface area (Å²) < 4.78 is 69.1. The third-order valence-electron chi connectivity index (χ3n) is 5.22. The van der Waals surface area contributed by atoms with Crippen molar-refractivity contribution in [3.8, 4) is 11.3 Å². The van der Waals surface area contributed by atoms with Gasteiger partial charge in [-0.2, -0.15) is 13.2 Å². The molecule has 4 rings (SSSR count). The topological polar surface area (TPSA) is 67.7 Å². The van der Waals surface area contributed by atoms with Crippen LogP contribution in [0.1, 0.15) is 11.1 Å². The van der Waals surface area contributed by atoms with E-state index in [2.05, 4.69) is 10.5 Å². The van der Waals surface area contributed by atoms with Crippen molar-refractivity contribution in [1.82, 2.24) is 14.9 Å². The van der Waals surface area contributed by atoms with Crippen LogP contribution in [-0.4, -0.2) is 35.1 Å². The maximum absolute atomic E-state index is 14.7. The Labute approximate surface area is 202 Å². The Morgan fingerprint density at radius 2 is 1.81 bits per heavy atom. The van der Waals surface area contributed by atoms with Crippen LogP contribution in [-0.2, 0) is 9.63 Å². The Kier molecular flexibility index (Phi) is 7.13. The van der Waals surface area contributed by atoms with Gasteiger partial charge in [-0.25, -0.2) is 19.2 Å². The van der Waals surface area contributed by atoms with E-state index in [1.165, 1.54) is 41.9 Å². The Balaban J connectivity index is 1.92. The summed E-state index contributed by atoms with van der Waals surface area (Å²) in [5.74, 6) is -4.59. The number of nitrogens with zero attached hydrogens (tertiary/aromatic N) is 2. The second-order valence-corrected chi connectivity index (χ2v) is 7.51. The molecule has 186 valence electrons. The number of anilines is 1. The van der Waals surface area contributed by atoms with Crippen molar-refractivity contribution in [3.05, 3.63) is 95.7 Å². The number of rotatable bonds is 7. The van der Waals surface area contributed by atoms with Crippen molar-refractivity contribution in [2.75, 3.05) is 19.0 Å². The summed E-state index contributed by atoms with van der Waals surface area (Å²) in [5.41, 5.74) is 3.99. The first-order chi connectivity index (χ1) is 17.2. The molecule has 0 aliphatic heterocycles. The van der Waals surface area contributed by atoms with Gasteiger partial charge < -0.3 is 5.32 Å². The molecule has 4 aromatic rings. The highest BCUT2D eigenvalue weighted by molar-refractivity contribution is 5.97. The van der Waals surface area contributed by atoms with E-state index in [-0.39, 0.29) is 34.9 Å². The van der Waals surface area contributed by atoms with E-state index in [4.69, 9.17) is 4.84 Å². The van der Waals surface area contributed by atoms with Crippen LogP contribution in [0, 0.1) is 11.6 Å². The number of benzene rings is 2. The number of hydrogen-bond donors (Lipinski definition) is 2. The zero-order valence-electron chi connectivity index (χ0n) is 18.7. The fourth-order valence-corrected chi connectivity index (χ4v) is 3.64. The molecule has 0 aliphatic rings. The molecule has 0 fully saturated rings. The van der Waals surface area contributed by atoms with Crippen LogP contribution in [0.5, 0.6) is 0 Å². The minimum Gasteiger partial charge on any atom is -0.301 e. The first kappa shape index (κ1) is 25.0. The summed E-state index contributed by atoms with van der Waals surface area (Å²) in [6.07, 6.45) is -2.07. The number of pyridine rings is 1. The van der Waals surface area contributed by atoms with Gasteiger partial charge in [-0.3, -0.25) is 14.0 Å². The lowest BCUT2D eigenvalue weighted by molar-refractivity contribution is -0.167. The molecule has 2 aromatic heterocycles. The highest BCUT2D eigenvalue weighted by Crippen LogP contribution is 2.33. The molecule has 0 atom stereocenters. The van der Waals surface area contributed by atoms with Crippen LogP contribution in [0.4, 0.5) is 27.8 Å². The highest BCUT2D eigenvalue weighted by atomic mass is 19.4. The Hall–Kier alpha value is -4.09. The third-order valence-corrected chi connectivity index (χ3v) is 5.22. The molecule has 2 heterocycles. The van der Waals surface area contributed by atoms with Crippen LogP contribution in [0.3, 0.4) is 0 Å². The average molecular weight is 502 g/mol. The first-order valence-electron chi connectivity index (χ1n) is 10.6. The van der Waals surface area contributed by atoms with Crippen LogP contribution in [0.2, 0.25) is 0 Å². The molecule has 0 saturated carbocycles. The van der Waals surface area contributed by atoms with Gasteiger partial charge in [0.2, 0.25) is 0 Å². The Morgan fingerprint density at radius 1 is 1.06 bits per heavy atom. The molecule has 0 unspecified atom stereocenters. The highest BCUT2D eigenvalue weighted by Gasteiger charge is 2.39. The maximum Gasteiger partial charge on any atom is 0.471 e. The van der Waals surface area contributed by atoms with E-state index in [1.54, 1.807) is 36.4 Å². The standard InChI is InChI=1S/C25H19F5N4O2/c1-31-36-13-12-17(18-8-5-9-19(26)21(18)27)16-10-11-20-32-23(33-24(35)25(28,29)30)22(34(20)14-16)15-6-3-2-4-7-15/h2-12,14,31H,13H2,1H3,(H,33,35)/b17-12-. The molecular formula is C25H19F5N4O2. The van der Waals surface area contributed by atoms with Gasteiger partial charge in [0.15, 0.2) is 17.5 Å². The zero-order chi connectivity index (χ0) is 25.9. The van der Waals surface area contributed by atoms with E-state index in [0.717, 1.165) is 6.07 Å². The quantitative estimate of drug-likeness (QED) is 0.203. The SMILES string of the molecule is CNOC/C=C(/c1ccc2nc(NC(=O)C(F)(F)F)c(-c3ccccc3)n2c1)c1cccc(F)c1F. The van der Waals surface area contributed by atoms with Crippen molar-refractivity contribution in [2.45, 2.75) is 6.18 Å². The molecule has 0 aliphatic carbocycles. The van der Waals surface area contributed by atoms with Gasteiger partial charge in [0.25, 0.3) is 0 Å². The van der Waals surface area contributed by atoms with E-state index < -0.39 is 23.7 Å². The lowest BCUT2D eigenvalue weighted by atomic mass is 9.98. The predicted molar refractivity (Wildman–Crippen MR) is 124 cm³/mol. The molecule has 0 radical (unpaired) electrons. The van der Waals surface area contributed by atoms with Gasteiger partial charge in [-0.1, -0.05) is 42.5 Å². The number of hydroxylamine groups is 1. The maximum atomic E-state index is 14.7. The molecule has 0 bridgehead atoms. The van der Waals surface area contributed by atoms with Crippen LogP contribution >= 0.6 is 0 Å². The number of amides is 1.